The molecule has 2 aromatic heterocycles. The Hall–Kier alpha value is -2.76. The number of carbonyl (C=O) groups excluding carboxylic acids is 1. The van der Waals surface area contributed by atoms with E-state index in [0.717, 1.165) is 17.9 Å². The maximum atomic E-state index is 12.2. The van der Waals surface area contributed by atoms with E-state index < -0.39 is 0 Å². The lowest BCUT2D eigenvalue weighted by atomic mass is 10.2. The highest BCUT2D eigenvalue weighted by Gasteiger charge is 2.09. The Bertz CT molecular complexity index is 864. The SMILES string of the molecule is Cc1cc(C)n(CCNC(=O)N(C)CCn2ccc3ccccc32)n1. The summed E-state index contributed by atoms with van der Waals surface area (Å²) in [4.78, 5) is 13.9. The molecule has 2 amide bonds. The van der Waals surface area contributed by atoms with Crippen LogP contribution in [-0.2, 0) is 13.1 Å². The van der Waals surface area contributed by atoms with Crippen molar-refractivity contribution in [2.45, 2.75) is 26.9 Å². The Morgan fingerprint density at radius 2 is 2.00 bits per heavy atom. The highest BCUT2D eigenvalue weighted by Crippen LogP contribution is 2.14. The fourth-order valence-electron chi connectivity index (χ4n) is 3.00. The van der Waals surface area contributed by atoms with E-state index in [1.165, 1.54) is 10.9 Å². The normalized spacial score (nSPS) is 11.0. The number of aromatic nitrogens is 3. The molecule has 0 unspecified atom stereocenters. The summed E-state index contributed by atoms with van der Waals surface area (Å²) in [5.41, 5.74) is 3.31. The van der Waals surface area contributed by atoms with E-state index in [0.29, 0.717) is 19.6 Å². The van der Waals surface area contributed by atoms with Gasteiger partial charge in [-0.15, -0.1) is 0 Å². The Morgan fingerprint density at radius 3 is 2.76 bits per heavy atom. The summed E-state index contributed by atoms with van der Waals surface area (Å²) in [6.45, 7) is 6.68. The minimum absolute atomic E-state index is 0.0574. The lowest BCUT2D eigenvalue weighted by Crippen LogP contribution is -2.40. The number of aryl methyl sites for hydroxylation is 2. The fourth-order valence-corrected chi connectivity index (χ4v) is 3.00. The number of likely N-dealkylation sites (N-methyl/N-ethyl adjacent to an activating group) is 1. The third-order valence-corrected chi connectivity index (χ3v) is 4.41. The number of rotatable bonds is 6. The molecule has 0 aliphatic heterocycles. The second-order valence-electron chi connectivity index (χ2n) is 6.37. The molecule has 6 nitrogen and oxygen atoms in total. The van der Waals surface area contributed by atoms with Crippen LogP contribution >= 0.6 is 0 Å². The summed E-state index contributed by atoms with van der Waals surface area (Å²) < 4.78 is 4.09. The number of carbonyl (C=O) groups is 1. The van der Waals surface area contributed by atoms with Crippen molar-refractivity contribution in [1.29, 1.82) is 0 Å². The van der Waals surface area contributed by atoms with Crippen LogP contribution in [-0.4, -0.2) is 45.4 Å². The molecule has 0 spiro atoms. The van der Waals surface area contributed by atoms with Gasteiger partial charge in [0.1, 0.15) is 0 Å². The first-order chi connectivity index (χ1) is 12.0. The second kappa shape index (κ2) is 7.42. The topological polar surface area (TPSA) is 55.1 Å². The number of para-hydroxylation sites is 1. The summed E-state index contributed by atoms with van der Waals surface area (Å²) >= 11 is 0. The Kier molecular flexibility index (Phi) is 5.07. The fraction of sp³-hybridized carbons (Fsp3) is 0.368. The zero-order chi connectivity index (χ0) is 17.8. The predicted octanol–water partition coefficient (Wildman–Crippen LogP) is 2.80. The van der Waals surface area contributed by atoms with E-state index in [1.807, 2.05) is 43.8 Å². The molecule has 3 rings (SSSR count). The highest BCUT2D eigenvalue weighted by atomic mass is 16.2. The van der Waals surface area contributed by atoms with Gasteiger partial charge in [0.2, 0.25) is 0 Å². The van der Waals surface area contributed by atoms with E-state index >= 15 is 0 Å². The zero-order valence-corrected chi connectivity index (χ0v) is 15.1. The van der Waals surface area contributed by atoms with Crippen molar-refractivity contribution < 1.29 is 4.79 Å². The van der Waals surface area contributed by atoms with Gasteiger partial charge in [0.05, 0.1) is 12.2 Å². The second-order valence-corrected chi connectivity index (χ2v) is 6.37. The van der Waals surface area contributed by atoms with E-state index in [2.05, 4.69) is 39.4 Å². The summed E-state index contributed by atoms with van der Waals surface area (Å²) in [7, 11) is 1.82. The average Bonchev–Trinajstić information content (AvgIpc) is 3.15. The summed E-state index contributed by atoms with van der Waals surface area (Å²) in [6.07, 6.45) is 2.07. The minimum atomic E-state index is -0.0574. The van der Waals surface area contributed by atoms with Crippen LogP contribution < -0.4 is 5.32 Å². The standard InChI is InChI=1S/C19H25N5O/c1-15-14-16(2)24(21-15)11-9-20-19(25)22(3)12-13-23-10-8-17-6-4-5-7-18(17)23/h4-8,10,14H,9,11-13H2,1-3H3,(H,20,25). The Balaban J connectivity index is 1.47. The Morgan fingerprint density at radius 1 is 1.20 bits per heavy atom. The predicted molar refractivity (Wildman–Crippen MR) is 99.7 cm³/mol. The van der Waals surface area contributed by atoms with Crippen molar-refractivity contribution in [3.63, 3.8) is 0 Å². The van der Waals surface area contributed by atoms with Crippen molar-refractivity contribution in [3.8, 4) is 0 Å². The van der Waals surface area contributed by atoms with Crippen LogP contribution in [0, 0.1) is 13.8 Å². The molecule has 3 aromatic rings. The van der Waals surface area contributed by atoms with Gasteiger partial charge in [-0.25, -0.2) is 4.79 Å². The summed E-state index contributed by atoms with van der Waals surface area (Å²) in [6, 6.07) is 12.4. The van der Waals surface area contributed by atoms with Gasteiger partial charge in [-0.1, -0.05) is 18.2 Å². The first kappa shape index (κ1) is 17.1. The number of benzene rings is 1. The average molecular weight is 339 g/mol. The quantitative estimate of drug-likeness (QED) is 0.751. The molecule has 2 heterocycles. The zero-order valence-electron chi connectivity index (χ0n) is 15.1. The van der Waals surface area contributed by atoms with Gasteiger partial charge in [0, 0.05) is 44.1 Å². The van der Waals surface area contributed by atoms with Crippen LogP contribution in [0.5, 0.6) is 0 Å². The third kappa shape index (κ3) is 4.02. The van der Waals surface area contributed by atoms with Crippen LogP contribution in [0.1, 0.15) is 11.4 Å². The molecule has 0 aliphatic rings. The maximum absolute atomic E-state index is 12.2. The van der Waals surface area contributed by atoms with Gasteiger partial charge in [0.25, 0.3) is 0 Å². The van der Waals surface area contributed by atoms with E-state index in [9.17, 15) is 4.79 Å². The summed E-state index contributed by atoms with van der Waals surface area (Å²) in [5, 5.41) is 8.57. The van der Waals surface area contributed by atoms with Gasteiger partial charge in [-0.2, -0.15) is 5.10 Å². The molecule has 1 aromatic carbocycles. The molecule has 6 heteroatoms. The molecule has 0 saturated carbocycles. The van der Waals surface area contributed by atoms with Gasteiger partial charge in [-0.3, -0.25) is 4.68 Å². The van der Waals surface area contributed by atoms with Crippen molar-refractivity contribution in [2.24, 2.45) is 0 Å². The van der Waals surface area contributed by atoms with Crippen molar-refractivity contribution in [2.75, 3.05) is 20.1 Å². The highest BCUT2D eigenvalue weighted by molar-refractivity contribution is 5.80. The van der Waals surface area contributed by atoms with E-state index in [4.69, 9.17) is 0 Å². The lowest BCUT2D eigenvalue weighted by molar-refractivity contribution is 0.206. The van der Waals surface area contributed by atoms with Gasteiger partial charge >= 0.3 is 6.03 Å². The van der Waals surface area contributed by atoms with Crippen LogP contribution in [0.25, 0.3) is 10.9 Å². The smallest absolute Gasteiger partial charge is 0.317 e. The minimum Gasteiger partial charge on any atom is -0.346 e. The first-order valence-electron chi connectivity index (χ1n) is 8.58. The monoisotopic (exact) mass is 339 g/mol. The lowest BCUT2D eigenvalue weighted by Gasteiger charge is -2.19. The summed E-state index contributed by atoms with van der Waals surface area (Å²) in [5.74, 6) is 0. The molecule has 1 N–H and O–H groups in total. The van der Waals surface area contributed by atoms with E-state index in [-0.39, 0.29) is 6.03 Å². The molecule has 0 fully saturated rings. The number of urea groups is 1. The molecular formula is C19H25N5O. The molecule has 0 radical (unpaired) electrons. The van der Waals surface area contributed by atoms with Gasteiger partial charge in [-0.05, 0) is 37.4 Å². The van der Waals surface area contributed by atoms with Crippen molar-refractivity contribution in [1.82, 2.24) is 24.6 Å². The van der Waals surface area contributed by atoms with Gasteiger partial charge < -0.3 is 14.8 Å². The van der Waals surface area contributed by atoms with Crippen molar-refractivity contribution >= 4 is 16.9 Å². The molecule has 0 aliphatic carbocycles. The molecule has 0 saturated heterocycles. The molecule has 132 valence electrons. The number of nitrogens with zero attached hydrogens (tertiary/aromatic N) is 4. The van der Waals surface area contributed by atoms with Crippen molar-refractivity contribution in [3.05, 3.63) is 54.0 Å². The number of nitrogens with one attached hydrogen (secondary N) is 1. The first-order valence-corrected chi connectivity index (χ1v) is 8.58. The number of amides is 2. The molecule has 25 heavy (non-hydrogen) atoms. The largest absolute Gasteiger partial charge is 0.346 e. The van der Waals surface area contributed by atoms with E-state index in [1.54, 1.807) is 4.90 Å². The number of fused-ring (bicyclic) bond motifs is 1. The number of hydrogen-bond donors (Lipinski definition) is 1. The van der Waals surface area contributed by atoms with Crippen LogP contribution in [0.15, 0.2) is 42.6 Å². The number of hydrogen-bond acceptors (Lipinski definition) is 2. The van der Waals surface area contributed by atoms with Gasteiger partial charge in [0.15, 0.2) is 0 Å². The van der Waals surface area contributed by atoms with Crippen LogP contribution in [0.4, 0.5) is 4.79 Å². The Labute approximate surface area is 148 Å². The molecule has 0 atom stereocenters. The third-order valence-electron chi connectivity index (χ3n) is 4.41. The maximum Gasteiger partial charge on any atom is 0.317 e. The molecular weight excluding hydrogens is 314 g/mol. The van der Waals surface area contributed by atoms with Crippen LogP contribution in [0.3, 0.4) is 0 Å². The molecule has 0 bridgehead atoms. The van der Waals surface area contributed by atoms with Crippen LogP contribution in [0.2, 0.25) is 0 Å².